The Hall–Kier alpha value is -3.86. The summed E-state index contributed by atoms with van der Waals surface area (Å²) in [6, 6.07) is 22.7. The molecule has 136 valence electrons. The summed E-state index contributed by atoms with van der Waals surface area (Å²) < 4.78 is 11.3. The number of fused-ring (bicyclic) bond motifs is 3. The zero-order valence-corrected chi connectivity index (χ0v) is 15.1. The lowest BCUT2D eigenvalue weighted by atomic mass is 10.1. The number of aromatic nitrogens is 2. The highest BCUT2D eigenvalue weighted by atomic mass is 16.5. The smallest absolute Gasteiger partial charge is 0.217 e. The van der Waals surface area contributed by atoms with Crippen LogP contribution < -0.4 is 4.74 Å². The first-order valence-electron chi connectivity index (χ1n) is 8.86. The van der Waals surface area contributed by atoms with Gasteiger partial charge in [-0.05, 0) is 36.4 Å². The van der Waals surface area contributed by atoms with Gasteiger partial charge in [0.1, 0.15) is 16.9 Å². The van der Waals surface area contributed by atoms with Gasteiger partial charge in [-0.15, -0.1) is 0 Å². The molecule has 0 aliphatic carbocycles. The van der Waals surface area contributed by atoms with Crippen LogP contribution in [0.2, 0.25) is 0 Å². The summed E-state index contributed by atoms with van der Waals surface area (Å²) in [5.41, 5.74) is 3.85. The molecule has 0 spiro atoms. The number of aromatic hydroxyl groups is 1. The molecule has 0 unspecified atom stereocenters. The van der Waals surface area contributed by atoms with E-state index in [1.54, 1.807) is 31.4 Å². The summed E-state index contributed by atoms with van der Waals surface area (Å²) in [7, 11) is 1.56. The van der Waals surface area contributed by atoms with E-state index in [0.717, 1.165) is 27.5 Å². The van der Waals surface area contributed by atoms with E-state index in [1.807, 2.05) is 42.5 Å². The maximum atomic E-state index is 10.2. The predicted molar refractivity (Wildman–Crippen MR) is 108 cm³/mol. The molecule has 0 bridgehead atoms. The van der Waals surface area contributed by atoms with Gasteiger partial charge in [-0.2, -0.15) is 4.98 Å². The Bertz CT molecular complexity index is 1320. The Morgan fingerprint density at radius 2 is 1.61 bits per heavy atom. The van der Waals surface area contributed by atoms with Crippen LogP contribution in [-0.2, 0) is 0 Å². The number of ether oxygens (including phenoxy) is 1. The van der Waals surface area contributed by atoms with E-state index in [4.69, 9.17) is 9.15 Å². The second-order valence-corrected chi connectivity index (χ2v) is 6.45. The summed E-state index contributed by atoms with van der Waals surface area (Å²) in [6.45, 7) is 0. The molecule has 0 amide bonds. The summed E-state index contributed by atoms with van der Waals surface area (Å²) in [6.07, 6.45) is 0. The van der Waals surface area contributed by atoms with Gasteiger partial charge in [0.25, 0.3) is 0 Å². The van der Waals surface area contributed by atoms with E-state index >= 15 is 0 Å². The number of phenols is 1. The van der Waals surface area contributed by atoms with Crippen LogP contribution in [0.15, 0.2) is 77.2 Å². The van der Waals surface area contributed by atoms with Crippen molar-refractivity contribution in [2.45, 2.75) is 0 Å². The molecule has 0 saturated heterocycles. The quantitative estimate of drug-likeness (QED) is 0.460. The van der Waals surface area contributed by atoms with Crippen LogP contribution in [0.4, 0.5) is 0 Å². The molecule has 3 aromatic carbocycles. The largest absolute Gasteiger partial charge is 0.507 e. The van der Waals surface area contributed by atoms with Crippen molar-refractivity contribution in [1.29, 1.82) is 0 Å². The number of hydrogen-bond donors (Lipinski definition) is 1. The van der Waals surface area contributed by atoms with E-state index in [1.165, 1.54) is 0 Å². The Labute approximate surface area is 160 Å². The highest BCUT2D eigenvalue weighted by Crippen LogP contribution is 2.34. The number of rotatable bonds is 3. The number of furan rings is 1. The number of phenolic OH excluding ortho intramolecular Hbond substituents is 1. The van der Waals surface area contributed by atoms with Crippen molar-refractivity contribution in [3.05, 3.63) is 72.8 Å². The molecular weight excluding hydrogens is 352 g/mol. The van der Waals surface area contributed by atoms with Gasteiger partial charge in [-0.1, -0.05) is 30.3 Å². The van der Waals surface area contributed by atoms with Crippen molar-refractivity contribution in [2.24, 2.45) is 0 Å². The second kappa shape index (κ2) is 6.39. The molecule has 0 aliphatic heterocycles. The third-order valence-corrected chi connectivity index (χ3v) is 4.73. The molecule has 0 aliphatic rings. The summed E-state index contributed by atoms with van der Waals surface area (Å²) in [5, 5.41) is 12.3. The summed E-state index contributed by atoms with van der Waals surface area (Å²) >= 11 is 0. The van der Waals surface area contributed by atoms with Crippen LogP contribution >= 0.6 is 0 Å². The minimum absolute atomic E-state index is 0.123. The normalized spacial score (nSPS) is 11.2. The van der Waals surface area contributed by atoms with E-state index in [0.29, 0.717) is 23.0 Å². The number of benzene rings is 3. The zero-order chi connectivity index (χ0) is 19.1. The summed E-state index contributed by atoms with van der Waals surface area (Å²) in [4.78, 5) is 9.07. The number of methoxy groups -OCH3 is 1. The third kappa shape index (κ3) is 2.65. The van der Waals surface area contributed by atoms with Gasteiger partial charge in [0.2, 0.25) is 5.88 Å². The molecule has 0 radical (unpaired) electrons. The lowest BCUT2D eigenvalue weighted by Gasteiger charge is -2.09. The van der Waals surface area contributed by atoms with Crippen LogP contribution in [0, 0.1) is 0 Å². The van der Waals surface area contributed by atoms with Gasteiger partial charge in [-0.3, -0.25) is 0 Å². The van der Waals surface area contributed by atoms with E-state index in [-0.39, 0.29) is 5.75 Å². The maximum Gasteiger partial charge on any atom is 0.217 e. The molecule has 0 atom stereocenters. The Kier molecular flexibility index (Phi) is 3.72. The van der Waals surface area contributed by atoms with Crippen LogP contribution in [0.3, 0.4) is 0 Å². The van der Waals surface area contributed by atoms with Crippen molar-refractivity contribution in [2.75, 3.05) is 7.11 Å². The van der Waals surface area contributed by atoms with Gasteiger partial charge < -0.3 is 14.3 Å². The first kappa shape index (κ1) is 16.3. The van der Waals surface area contributed by atoms with Crippen LogP contribution in [-0.4, -0.2) is 22.2 Å². The van der Waals surface area contributed by atoms with E-state index in [2.05, 4.69) is 16.0 Å². The van der Waals surface area contributed by atoms with Crippen molar-refractivity contribution >= 4 is 21.9 Å². The highest BCUT2D eigenvalue weighted by Gasteiger charge is 2.14. The van der Waals surface area contributed by atoms with Crippen molar-refractivity contribution in [3.63, 3.8) is 0 Å². The van der Waals surface area contributed by atoms with Crippen LogP contribution in [0.1, 0.15) is 0 Å². The topological polar surface area (TPSA) is 68.4 Å². The van der Waals surface area contributed by atoms with Gasteiger partial charge in [0, 0.05) is 22.4 Å². The molecule has 2 aromatic heterocycles. The Morgan fingerprint density at radius 3 is 2.46 bits per heavy atom. The Morgan fingerprint density at radius 1 is 0.821 bits per heavy atom. The molecule has 0 saturated carbocycles. The SMILES string of the molecule is COc1cc(-c2ccc3oc4ccccc4c3c2)nc(-c2ccccc2O)n1. The lowest BCUT2D eigenvalue weighted by molar-refractivity contribution is 0.397. The molecule has 5 rings (SSSR count). The van der Waals surface area contributed by atoms with Gasteiger partial charge in [0.15, 0.2) is 5.82 Å². The van der Waals surface area contributed by atoms with Gasteiger partial charge in [-0.25, -0.2) is 4.98 Å². The monoisotopic (exact) mass is 368 g/mol. The molecule has 28 heavy (non-hydrogen) atoms. The molecular formula is C23H16N2O3. The lowest BCUT2D eigenvalue weighted by Crippen LogP contribution is -1.96. The first-order chi connectivity index (χ1) is 13.7. The molecule has 0 fully saturated rings. The molecule has 5 aromatic rings. The van der Waals surface area contributed by atoms with Crippen molar-refractivity contribution < 1.29 is 14.3 Å². The minimum Gasteiger partial charge on any atom is -0.507 e. The molecule has 5 nitrogen and oxygen atoms in total. The zero-order valence-electron chi connectivity index (χ0n) is 15.1. The average Bonchev–Trinajstić information content (AvgIpc) is 3.11. The van der Waals surface area contributed by atoms with Gasteiger partial charge in [0.05, 0.1) is 18.4 Å². The average molecular weight is 368 g/mol. The molecule has 5 heteroatoms. The minimum atomic E-state index is 0.123. The molecule has 2 heterocycles. The number of para-hydroxylation sites is 2. The number of hydrogen-bond acceptors (Lipinski definition) is 5. The Balaban J connectivity index is 1.71. The maximum absolute atomic E-state index is 10.2. The third-order valence-electron chi connectivity index (χ3n) is 4.73. The highest BCUT2D eigenvalue weighted by molar-refractivity contribution is 6.06. The predicted octanol–water partition coefficient (Wildman–Crippen LogP) is 5.42. The standard InChI is InChI=1S/C23H16N2O3/c1-27-22-13-18(24-23(25-22)16-7-2-4-8-19(16)26)14-10-11-21-17(12-14)15-6-3-5-9-20(15)28-21/h2-13,26H,1H3. The van der Waals surface area contributed by atoms with Crippen molar-refractivity contribution in [3.8, 4) is 34.3 Å². The van der Waals surface area contributed by atoms with Crippen molar-refractivity contribution in [1.82, 2.24) is 9.97 Å². The number of nitrogens with zero attached hydrogens (tertiary/aromatic N) is 2. The second-order valence-electron chi connectivity index (χ2n) is 6.45. The fourth-order valence-electron chi connectivity index (χ4n) is 3.35. The van der Waals surface area contributed by atoms with E-state index < -0.39 is 0 Å². The van der Waals surface area contributed by atoms with E-state index in [9.17, 15) is 5.11 Å². The molecule has 1 N–H and O–H groups in total. The summed E-state index contributed by atoms with van der Waals surface area (Å²) in [5.74, 6) is 0.961. The fourth-order valence-corrected chi connectivity index (χ4v) is 3.35. The van der Waals surface area contributed by atoms with Crippen LogP contribution in [0.25, 0.3) is 44.6 Å². The fraction of sp³-hybridized carbons (Fsp3) is 0.0435. The first-order valence-corrected chi connectivity index (χ1v) is 8.86. The van der Waals surface area contributed by atoms with Crippen LogP contribution in [0.5, 0.6) is 11.6 Å². The van der Waals surface area contributed by atoms with Gasteiger partial charge >= 0.3 is 0 Å².